The van der Waals surface area contributed by atoms with Gasteiger partial charge in [-0.2, -0.15) is 0 Å². The van der Waals surface area contributed by atoms with Crippen LogP contribution in [-0.4, -0.2) is 27.4 Å². The highest BCUT2D eigenvalue weighted by molar-refractivity contribution is 5.98. The van der Waals surface area contributed by atoms with Crippen LogP contribution < -0.4 is 16.8 Å². The number of nitrogens with one attached hydrogen (secondary N) is 2. The Morgan fingerprint density at radius 3 is 2.94 bits per heavy atom. The van der Waals surface area contributed by atoms with E-state index < -0.39 is 5.91 Å². The van der Waals surface area contributed by atoms with Crippen LogP contribution in [0.5, 0.6) is 0 Å². The maximum atomic E-state index is 11.2. The van der Waals surface area contributed by atoms with Gasteiger partial charge in [-0.05, 0) is 6.07 Å². The van der Waals surface area contributed by atoms with Crippen molar-refractivity contribution in [3.8, 4) is 0 Å². The predicted octanol–water partition coefficient (Wildman–Crippen LogP) is 0.140. The van der Waals surface area contributed by atoms with Crippen molar-refractivity contribution in [3.63, 3.8) is 0 Å². The van der Waals surface area contributed by atoms with Crippen molar-refractivity contribution < 1.29 is 4.79 Å². The minimum atomic E-state index is -0.557. The molecule has 18 heavy (non-hydrogen) atoms. The van der Waals surface area contributed by atoms with E-state index in [1.165, 1.54) is 12.3 Å². The van der Waals surface area contributed by atoms with E-state index in [2.05, 4.69) is 20.3 Å². The van der Waals surface area contributed by atoms with Gasteiger partial charge in [-0.1, -0.05) is 0 Å². The smallest absolute Gasteiger partial charge is 0.252 e. The summed E-state index contributed by atoms with van der Waals surface area (Å²) in [6.07, 6.45) is 5.58. The van der Waals surface area contributed by atoms with Crippen molar-refractivity contribution >= 4 is 17.4 Å². The summed E-state index contributed by atoms with van der Waals surface area (Å²) >= 11 is 0. The number of hydrogen-bond donors (Lipinski definition) is 4. The van der Waals surface area contributed by atoms with E-state index in [1.807, 2.05) is 0 Å². The Morgan fingerprint density at radius 1 is 1.44 bits per heavy atom. The highest BCUT2D eigenvalue weighted by Gasteiger charge is 2.09. The summed E-state index contributed by atoms with van der Waals surface area (Å²) in [6, 6.07) is 1.51. The average Bonchev–Trinajstić information content (AvgIpc) is 2.84. The molecule has 0 saturated carbocycles. The average molecular weight is 246 g/mol. The Balaban J connectivity index is 2.02. The number of imidazole rings is 1. The molecule has 6 N–H and O–H groups in total. The fourth-order valence-corrected chi connectivity index (χ4v) is 1.55. The Kier molecular flexibility index (Phi) is 3.42. The van der Waals surface area contributed by atoms with Crippen LogP contribution in [0.25, 0.3) is 0 Å². The second-order valence-electron chi connectivity index (χ2n) is 3.78. The zero-order valence-corrected chi connectivity index (χ0v) is 9.68. The Hall–Kier alpha value is -2.57. The maximum Gasteiger partial charge on any atom is 0.252 e. The minimum Gasteiger partial charge on any atom is -0.397 e. The largest absolute Gasteiger partial charge is 0.397 e. The molecule has 0 atom stereocenters. The van der Waals surface area contributed by atoms with E-state index in [1.54, 1.807) is 12.5 Å². The number of rotatable bonds is 5. The molecule has 0 aliphatic carbocycles. The van der Waals surface area contributed by atoms with Crippen LogP contribution in [0, 0.1) is 0 Å². The molecule has 0 bridgehead atoms. The molecule has 2 rings (SSSR count). The molecule has 0 fully saturated rings. The Morgan fingerprint density at radius 2 is 2.28 bits per heavy atom. The van der Waals surface area contributed by atoms with Gasteiger partial charge in [0.05, 0.1) is 23.8 Å². The van der Waals surface area contributed by atoms with Gasteiger partial charge in [0.25, 0.3) is 5.91 Å². The quantitative estimate of drug-likeness (QED) is 0.597. The molecule has 0 unspecified atom stereocenters. The van der Waals surface area contributed by atoms with Crippen molar-refractivity contribution in [2.75, 3.05) is 17.6 Å². The lowest BCUT2D eigenvalue weighted by molar-refractivity contribution is 0.100. The van der Waals surface area contributed by atoms with Crippen molar-refractivity contribution in [2.45, 2.75) is 6.42 Å². The topological polar surface area (TPSA) is 123 Å². The molecule has 7 nitrogen and oxygen atoms in total. The normalized spacial score (nSPS) is 10.2. The number of nitrogen functional groups attached to an aromatic ring is 1. The third-order valence-electron chi connectivity index (χ3n) is 2.42. The number of nitrogens with zero attached hydrogens (tertiary/aromatic N) is 2. The summed E-state index contributed by atoms with van der Waals surface area (Å²) in [5, 5.41) is 3.04. The van der Waals surface area contributed by atoms with Crippen LogP contribution in [0.3, 0.4) is 0 Å². The predicted molar refractivity (Wildman–Crippen MR) is 67.9 cm³/mol. The van der Waals surface area contributed by atoms with E-state index >= 15 is 0 Å². The van der Waals surface area contributed by atoms with Gasteiger partial charge in [0.15, 0.2) is 0 Å². The van der Waals surface area contributed by atoms with E-state index in [9.17, 15) is 4.79 Å². The molecule has 0 spiro atoms. The summed E-state index contributed by atoms with van der Waals surface area (Å²) < 4.78 is 0. The van der Waals surface area contributed by atoms with Crippen LogP contribution in [0.1, 0.15) is 16.1 Å². The summed E-state index contributed by atoms with van der Waals surface area (Å²) in [6.45, 7) is 0.611. The van der Waals surface area contributed by atoms with E-state index in [-0.39, 0.29) is 0 Å². The van der Waals surface area contributed by atoms with E-state index in [0.717, 1.165) is 12.1 Å². The molecule has 94 valence electrons. The van der Waals surface area contributed by atoms with Gasteiger partial charge in [0.1, 0.15) is 5.82 Å². The number of aromatic nitrogens is 3. The summed E-state index contributed by atoms with van der Waals surface area (Å²) in [5.74, 6) is -0.116. The van der Waals surface area contributed by atoms with Gasteiger partial charge < -0.3 is 21.8 Å². The number of amides is 1. The highest BCUT2D eigenvalue weighted by atomic mass is 16.1. The number of carbonyl (C=O) groups is 1. The van der Waals surface area contributed by atoms with Crippen molar-refractivity contribution in [1.29, 1.82) is 0 Å². The molecule has 2 aromatic heterocycles. The maximum absolute atomic E-state index is 11.2. The molecular formula is C11H14N6O. The van der Waals surface area contributed by atoms with Gasteiger partial charge in [-0.3, -0.25) is 4.79 Å². The van der Waals surface area contributed by atoms with Gasteiger partial charge in [0, 0.05) is 24.9 Å². The molecule has 2 heterocycles. The molecule has 0 radical (unpaired) electrons. The van der Waals surface area contributed by atoms with Gasteiger partial charge in [-0.15, -0.1) is 0 Å². The number of carbonyl (C=O) groups excluding carboxylic acids is 1. The fourth-order valence-electron chi connectivity index (χ4n) is 1.55. The molecular weight excluding hydrogens is 232 g/mol. The SMILES string of the molecule is NC(=O)c1cc(N)cnc1NCCc1cnc[nH]1. The lowest BCUT2D eigenvalue weighted by Gasteiger charge is -2.08. The van der Waals surface area contributed by atoms with Gasteiger partial charge in [0.2, 0.25) is 0 Å². The highest BCUT2D eigenvalue weighted by Crippen LogP contribution is 2.14. The molecule has 7 heteroatoms. The minimum absolute atomic E-state index is 0.291. The summed E-state index contributed by atoms with van der Waals surface area (Å²) in [4.78, 5) is 22.2. The zero-order valence-electron chi connectivity index (χ0n) is 9.68. The monoisotopic (exact) mass is 246 g/mol. The third-order valence-corrected chi connectivity index (χ3v) is 2.42. The van der Waals surface area contributed by atoms with Crippen molar-refractivity contribution in [2.24, 2.45) is 5.73 Å². The summed E-state index contributed by atoms with van der Waals surface area (Å²) in [7, 11) is 0. The Labute approximate surface area is 104 Å². The molecule has 1 amide bonds. The number of aromatic amines is 1. The number of primary amides is 1. The first-order valence-corrected chi connectivity index (χ1v) is 5.43. The third kappa shape index (κ3) is 2.76. The lowest BCUT2D eigenvalue weighted by Crippen LogP contribution is -2.17. The molecule has 0 saturated heterocycles. The molecule has 0 aliphatic heterocycles. The van der Waals surface area contributed by atoms with E-state index in [0.29, 0.717) is 23.6 Å². The van der Waals surface area contributed by atoms with Gasteiger partial charge in [-0.25, -0.2) is 9.97 Å². The standard InChI is InChI=1S/C11H14N6O/c12-7-3-9(10(13)18)11(16-4-7)15-2-1-8-5-14-6-17-8/h3-6H,1-2,12H2,(H2,13,18)(H,14,17)(H,15,16). The zero-order chi connectivity index (χ0) is 13.0. The second-order valence-corrected chi connectivity index (χ2v) is 3.78. The first kappa shape index (κ1) is 11.9. The van der Waals surface area contributed by atoms with Crippen LogP contribution >= 0.6 is 0 Å². The number of pyridine rings is 1. The lowest BCUT2D eigenvalue weighted by atomic mass is 10.2. The van der Waals surface area contributed by atoms with Crippen molar-refractivity contribution in [1.82, 2.24) is 15.0 Å². The first-order chi connectivity index (χ1) is 8.66. The molecule has 0 aliphatic rings. The summed E-state index contributed by atoms with van der Waals surface area (Å²) in [5.41, 5.74) is 12.5. The van der Waals surface area contributed by atoms with E-state index in [4.69, 9.17) is 11.5 Å². The van der Waals surface area contributed by atoms with Gasteiger partial charge >= 0.3 is 0 Å². The second kappa shape index (κ2) is 5.17. The Bertz CT molecular complexity index is 536. The van der Waals surface area contributed by atoms with Crippen LogP contribution in [0.2, 0.25) is 0 Å². The molecule has 0 aromatic carbocycles. The van der Waals surface area contributed by atoms with Crippen LogP contribution in [-0.2, 0) is 6.42 Å². The van der Waals surface area contributed by atoms with Crippen molar-refractivity contribution in [3.05, 3.63) is 36.0 Å². The van der Waals surface area contributed by atoms with Crippen LogP contribution in [0.15, 0.2) is 24.8 Å². The molecule has 2 aromatic rings. The number of hydrogen-bond acceptors (Lipinski definition) is 5. The number of nitrogens with two attached hydrogens (primary N) is 2. The number of H-pyrrole nitrogens is 1. The first-order valence-electron chi connectivity index (χ1n) is 5.43. The van der Waals surface area contributed by atoms with Crippen LogP contribution in [0.4, 0.5) is 11.5 Å². The number of anilines is 2. The fraction of sp³-hybridized carbons (Fsp3) is 0.182.